The molecule has 15 heavy (non-hydrogen) atoms. The molecule has 0 bridgehead atoms. The Kier molecular flexibility index (Phi) is 6.59. The molecule has 0 heterocycles. The fourth-order valence-corrected chi connectivity index (χ4v) is 0.988. The van der Waals surface area contributed by atoms with E-state index in [9.17, 15) is 9.59 Å². The van der Waals surface area contributed by atoms with Gasteiger partial charge in [0, 0.05) is 12.6 Å². The molecule has 0 spiro atoms. The van der Waals surface area contributed by atoms with Crippen molar-refractivity contribution in [2.24, 2.45) is 22.9 Å². The molecule has 0 aliphatic rings. The third-order valence-electron chi connectivity index (χ3n) is 1.83. The minimum Gasteiger partial charge on any atom is -0.370 e. The molecule has 1 unspecified atom stereocenters. The first-order valence-corrected chi connectivity index (χ1v) is 4.74. The second-order valence-electron chi connectivity index (χ2n) is 3.36. The van der Waals surface area contributed by atoms with Crippen LogP contribution in [0.3, 0.4) is 0 Å². The van der Waals surface area contributed by atoms with Crippen molar-refractivity contribution in [2.75, 3.05) is 13.1 Å². The summed E-state index contributed by atoms with van der Waals surface area (Å²) in [7, 11) is 0. The fraction of sp³-hybridized carbons (Fsp3) is 0.750. The van der Waals surface area contributed by atoms with E-state index in [0.29, 0.717) is 19.5 Å². The second-order valence-corrected chi connectivity index (χ2v) is 3.36. The van der Waals surface area contributed by atoms with Gasteiger partial charge in [-0.1, -0.05) is 0 Å². The topological polar surface area (TPSA) is 150 Å². The Bertz CT molecular complexity index is 221. The van der Waals surface area contributed by atoms with Crippen molar-refractivity contribution >= 4 is 11.8 Å². The van der Waals surface area contributed by atoms with Crippen LogP contribution < -0.4 is 28.3 Å². The number of primary amides is 1. The minimum absolute atomic E-state index is 0.169. The summed E-state index contributed by atoms with van der Waals surface area (Å²) >= 11 is 0. The van der Waals surface area contributed by atoms with E-state index in [1.165, 1.54) is 0 Å². The van der Waals surface area contributed by atoms with E-state index in [-0.39, 0.29) is 12.5 Å². The Morgan fingerprint density at radius 3 is 2.33 bits per heavy atom. The van der Waals surface area contributed by atoms with E-state index in [1.54, 1.807) is 0 Å². The maximum atomic E-state index is 11.3. The minimum atomic E-state index is -0.910. The molecule has 0 aromatic carbocycles. The van der Waals surface area contributed by atoms with Crippen LogP contribution in [0.15, 0.2) is 0 Å². The predicted molar refractivity (Wildman–Crippen MR) is 56.4 cm³/mol. The van der Waals surface area contributed by atoms with Crippen molar-refractivity contribution in [3.8, 4) is 0 Å². The number of carbonyl (C=O) groups is 2. The Morgan fingerprint density at radius 1 is 1.27 bits per heavy atom. The number of rotatable bonds is 7. The summed E-state index contributed by atoms with van der Waals surface area (Å²) in [5.41, 5.74) is 21.2. The normalized spacial score (nSPS) is 14.3. The van der Waals surface area contributed by atoms with E-state index in [2.05, 4.69) is 5.32 Å². The van der Waals surface area contributed by atoms with Gasteiger partial charge in [-0.25, -0.2) is 0 Å². The summed E-state index contributed by atoms with van der Waals surface area (Å²) in [6.45, 7) is 0.757. The van der Waals surface area contributed by atoms with Crippen molar-refractivity contribution in [2.45, 2.75) is 24.9 Å². The summed E-state index contributed by atoms with van der Waals surface area (Å²) < 4.78 is 0. The van der Waals surface area contributed by atoms with Crippen LogP contribution >= 0.6 is 0 Å². The van der Waals surface area contributed by atoms with Crippen LogP contribution in [0.2, 0.25) is 0 Å². The van der Waals surface area contributed by atoms with Gasteiger partial charge in [-0.15, -0.1) is 0 Å². The van der Waals surface area contributed by atoms with Crippen LogP contribution in [0, 0.1) is 0 Å². The third-order valence-corrected chi connectivity index (χ3v) is 1.83. The van der Waals surface area contributed by atoms with Gasteiger partial charge in [0.1, 0.15) is 0 Å². The van der Waals surface area contributed by atoms with Gasteiger partial charge in [-0.2, -0.15) is 0 Å². The lowest BCUT2D eigenvalue weighted by molar-refractivity contribution is -0.126. The quantitative estimate of drug-likeness (QED) is 0.307. The van der Waals surface area contributed by atoms with Crippen molar-refractivity contribution < 1.29 is 9.59 Å². The zero-order chi connectivity index (χ0) is 11.8. The van der Waals surface area contributed by atoms with Crippen LogP contribution in [0.1, 0.15) is 12.8 Å². The van der Waals surface area contributed by atoms with Gasteiger partial charge in [-0.05, 0) is 13.0 Å². The molecule has 0 saturated heterocycles. The van der Waals surface area contributed by atoms with Gasteiger partial charge in [-0.3, -0.25) is 9.59 Å². The van der Waals surface area contributed by atoms with E-state index < -0.39 is 17.9 Å². The van der Waals surface area contributed by atoms with Crippen LogP contribution in [-0.4, -0.2) is 37.0 Å². The molecule has 0 aromatic heterocycles. The van der Waals surface area contributed by atoms with E-state index >= 15 is 0 Å². The number of amides is 2. The molecule has 0 aliphatic carbocycles. The molecule has 2 atom stereocenters. The van der Waals surface area contributed by atoms with Gasteiger partial charge in [0.25, 0.3) is 0 Å². The third kappa shape index (κ3) is 6.83. The van der Waals surface area contributed by atoms with Gasteiger partial charge >= 0.3 is 0 Å². The molecule has 7 nitrogen and oxygen atoms in total. The first kappa shape index (κ1) is 13.8. The maximum absolute atomic E-state index is 11.3. The van der Waals surface area contributed by atoms with Crippen molar-refractivity contribution in [1.29, 1.82) is 0 Å². The van der Waals surface area contributed by atoms with Crippen molar-refractivity contribution in [1.82, 2.24) is 5.32 Å². The molecule has 88 valence electrons. The smallest absolute Gasteiger partial charge is 0.237 e. The summed E-state index contributed by atoms with van der Waals surface area (Å²) in [6, 6.07) is -1.10. The number of nitrogens with two attached hydrogens (primary N) is 4. The largest absolute Gasteiger partial charge is 0.370 e. The molecule has 0 saturated carbocycles. The molecule has 7 heteroatoms. The Morgan fingerprint density at radius 2 is 1.87 bits per heavy atom. The van der Waals surface area contributed by atoms with Crippen molar-refractivity contribution in [3.63, 3.8) is 0 Å². The Labute approximate surface area is 88.5 Å². The van der Waals surface area contributed by atoms with Crippen LogP contribution in [0.5, 0.6) is 0 Å². The number of hydrogen-bond acceptors (Lipinski definition) is 5. The molecular weight excluding hydrogens is 198 g/mol. The molecule has 9 N–H and O–H groups in total. The average molecular weight is 217 g/mol. The molecular formula is C8H19N5O2. The van der Waals surface area contributed by atoms with E-state index in [1.807, 2.05) is 0 Å². The first-order chi connectivity index (χ1) is 6.97. The highest BCUT2D eigenvalue weighted by molar-refractivity contribution is 5.87. The average Bonchev–Trinajstić information content (AvgIpc) is 2.13. The summed E-state index contributed by atoms with van der Waals surface area (Å²) in [5, 5.41) is 2.52. The highest BCUT2D eigenvalue weighted by Crippen LogP contribution is 1.88. The Balaban J connectivity index is 3.77. The van der Waals surface area contributed by atoms with Gasteiger partial charge in [0.15, 0.2) is 0 Å². The summed E-state index contributed by atoms with van der Waals surface area (Å²) in [6.07, 6.45) is 0.448. The number of nitrogens with one attached hydrogen (secondary N) is 1. The number of hydrogen-bond donors (Lipinski definition) is 5. The van der Waals surface area contributed by atoms with E-state index in [0.717, 1.165) is 0 Å². The second kappa shape index (κ2) is 7.16. The van der Waals surface area contributed by atoms with E-state index in [4.69, 9.17) is 22.9 Å². The van der Waals surface area contributed by atoms with Crippen LogP contribution in [0.25, 0.3) is 0 Å². The zero-order valence-electron chi connectivity index (χ0n) is 8.61. The van der Waals surface area contributed by atoms with Crippen molar-refractivity contribution in [3.05, 3.63) is 0 Å². The highest BCUT2D eigenvalue weighted by atomic mass is 16.2. The predicted octanol–water partition coefficient (Wildman–Crippen LogP) is -3.02. The SMILES string of the molecule is NCCC(N)CNC(=O)[C@@H](N)CC(N)=O. The highest BCUT2D eigenvalue weighted by Gasteiger charge is 2.16. The molecule has 0 rings (SSSR count). The number of carbonyl (C=O) groups excluding carboxylic acids is 2. The maximum Gasteiger partial charge on any atom is 0.237 e. The zero-order valence-corrected chi connectivity index (χ0v) is 8.61. The first-order valence-electron chi connectivity index (χ1n) is 4.74. The lowest BCUT2D eigenvalue weighted by Gasteiger charge is -2.14. The standard InChI is InChI=1S/C8H19N5O2/c9-2-1-5(10)4-13-8(15)6(11)3-7(12)14/h5-6H,1-4,9-11H2,(H2,12,14)(H,13,15)/t5?,6-/m0/s1. The lowest BCUT2D eigenvalue weighted by atomic mass is 10.2. The molecule has 0 aliphatic heterocycles. The van der Waals surface area contributed by atoms with Crippen LogP contribution in [-0.2, 0) is 9.59 Å². The van der Waals surface area contributed by atoms with Gasteiger partial charge in [0.2, 0.25) is 11.8 Å². The monoisotopic (exact) mass is 217 g/mol. The van der Waals surface area contributed by atoms with Gasteiger partial charge < -0.3 is 28.3 Å². The molecule has 0 aromatic rings. The Hall–Kier alpha value is -1.18. The summed E-state index contributed by atoms with van der Waals surface area (Å²) in [4.78, 5) is 21.7. The molecule has 0 fully saturated rings. The molecule has 2 amide bonds. The summed E-state index contributed by atoms with van der Waals surface area (Å²) in [5.74, 6) is -1.04. The molecule has 0 radical (unpaired) electrons. The van der Waals surface area contributed by atoms with Crippen LogP contribution in [0.4, 0.5) is 0 Å². The fourth-order valence-electron chi connectivity index (χ4n) is 0.988. The van der Waals surface area contributed by atoms with Gasteiger partial charge in [0.05, 0.1) is 12.5 Å². The lowest BCUT2D eigenvalue weighted by Crippen LogP contribution is -2.47.